The van der Waals surface area contributed by atoms with Crippen LogP contribution in [0.5, 0.6) is 0 Å². The third kappa shape index (κ3) is 4.95. The molecule has 0 unspecified atom stereocenters. The molecule has 0 amide bonds. The summed E-state index contributed by atoms with van der Waals surface area (Å²) in [7, 11) is 0. The lowest BCUT2D eigenvalue weighted by Gasteiger charge is -2.19. The Bertz CT molecular complexity index is 328. The SMILES string of the molecule is CC(C)(C)c1ccc(CCC(Cl)(Cl)Cl)cc1. The molecule has 0 aliphatic rings. The predicted octanol–water partition coefficient (Wildman–Crippen LogP) is 5.29. The molecule has 0 aromatic heterocycles. The highest BCUT2D eigenvalue weighted by Crippen LogP contribution is 2.31. The number of alkyl halides is 3. The van der Waals surface area contributed by atoms with Crippen LogP contribution in [0.25, 0.3) is 0 Å². The summed E-state index contributed by atoms with van der Waals surface area (Å²) in [6.07, 6.45) is 1.34. The molecule has 0 spiro atoms. The number of hydrogen-bond donors (Lipinski definition) is 0. The number of hydrogen-bond acceptors (Lipinski definition) is 0. The molecule has 0 fully saturated rings. The predicted molar refractivity (Wildman–Crippen MR) is 73.8 cm³/mol. The van der Waals surface area contributed by atoms with Crippen molar-refractivity contribution >= 4 is 34.8 Å². The molecule has 0 saturated carbocycles. The fraction of sp³-hybridized carbons (Fsp3) is 0.538. The molecule has 0 heterocycles. The lowest BCUT2D eigenvalue weighted by atomic mass is 9.86. The first-order valence-electron chi connectivity index (χ1n) is 5.35. The summed E-state index contributed by atoms with van der Waals surface area (Å²) < 4.78 is -1.15. The highest BCUT2D eigenvalue weighted by molar-refractivity contribution is 6.67. The standard InChI is InChI=1S/C13H17Cl3/c1-12(2,3)11-6-4-10(5-7-11)8-9-13(14,15)16/h4-7H,8-9H2,1-3H3. The molecule has 16 heavy (non-hydrogen) atoms. The van der Waals surface area contributed by atoms with Crippen LogP contribution in [-0.2, 0) is 11.8 Å². The lowest BCUT2D eigenvalue weighted by Crippen LogP contribution is -2.11. The molecule has 1 rings (SSSR count). The highest BCUT2D eigenvalue weighted by atomic mass is 35.6. The summed E-state index contributed by atoms with van der Waals surface area (Å²) in [6.45, 7) is 6.59. The molecule has 0 atom stereocenters. The van der Waals surface area contributed by atoms with Gasteiger partial charge in [0.25, 0.3) is 0 Å². The molecular formula is C13H17Cl3. The van der Waals surface area contributed by atoms with Crippen molar-refractivity contribution in [3.05, 3.63) is 35.4 Å². The molecule has 0 aliphatic carbocycles. The van der Waals surface area contributed by atoms with Crippen LogP contribution in [0.1, 0.15) is 38.3 Å². The van der Waals surface area contributed by atoms with Gasteiger partial charge in [0.1, 0.15) is 0 Å². The van der Waals surface area contributed by atoms with E-state index in [2.05, 4.69) is 45.0 Å². The quantitative estimate of drug-likeness (QED) is 0.646. The first kappa shape index (κ1) is 14.2. The monoisotopic (exact) mass is 278 g/mol. The zero-order valence-electron chi connectivity index (χ0n) is 9.86. The van der Waals surface area contributed by atoms with Crippen LogP contribution in [0.3, 0.4) is 0 Å². The summed E-state index contributed by atoms with van der Waals surface area (Å²) in [5, 5.41) is 0. The smallest absolute Gasteiger partial charge is 0.0837 e. The summed E-state index contributed by atoms with van der Waals surface area (Å²) in [4.78, 5) is 0. The molecule has 0 saturated heterocycles. The van der Waals surface area contributed by atoms with E-state index in [1.807, 2.05) is 0 Å². The summed E-state index contributed by atoms with van der Waals surface area (Å²) in [5.41, 5.74) is 2.72. The van der Waals surface area contributed by atoms with E-state index in [-0.39, 0.29) is 5.41 Å². The molecule has 0 bridgehead atoms. The van der Waals surface area contributed by atoms with Crippen molar-refractivity contribution in [2.24, 2.45) is 0 Å². The van der Waals surface area contributed by atoms with Gasteiger partial charge in [-0.2, -0.15) is 0 Å². The van der Waals surface area contributed by atoms with E-state index in [1.54, 1.807) is 0 Å². The van der Waals surface area contributed by atoms with E-state index in [4.69, 9.17) is 34.8 Å². The van der Waals surface area contributed by atoms with Gasteiger partial charge in [0.15, 0.2) is 3.79 Å². The Balaban J connectivity index is 2.66. The van der Waals surface area contributed by atoms with Gasteiger partial charge < -0.3 is 0 Å². The van der Waals surface area contributed by atoms with E-state index < -0.39 is 3.79 Å². The Hall–Kier alpha value is 0.0900. The van der Waals surface area contributed by atoms with Gasteiger partial charge in [-0.3, -0.25) is 0 Å². The third-order valence-electron chi connectivity index (χ3n) is 2.52. The van der Waals surface area contributed by atoms with E-state index in [0.717, 1.165) is 6.42 Å². The lowest BCUT2D eigenvalue weighted by molar-refractivity contribution is 0.590. The largest absolute Gasteiger partial charge is 0.190 e. The molecule has 0 radical (unpaired) electrons. The number of halogens is 3. The van der Waals surface area contributed by atoms with Gasteiger partial charge in [-0.1, -0.05) is 79.8 Å². The minimum absolute atomic E-state index is 0.188. The molecule has 1 aromatic carbocycles. The van der Waals surface area contributed by atoms with E-state index in [1.165, 1.54) is 11.1 Å². The fourth-order valence-electron chi connectivity index (χ4n) is 1.46. The van der Waals surface area contributed by atoms with Gasteiger partial charge in [-0.05, 0) is 29.4 Å². The average molecular weight is 280 g/mol. The Morgan fingerprint density at radius 1 is 0.938 bits per heavy atom. The maximum atomic E-state index is 5.72. The van der Waals surface area contributed by atoms with Crippen LogP contribution in [0.15, 0.2) is 24.3 Å². The topological polar surface area (TPSA) is 0 Å². The van der Waals surface area contributed by atoms with Crippen molar-refractivity contribution in [1.29, 1.82) is 0 Å². The van der Waals surface area contributed by atoms with Crippen LogP contribution in [0.2, 0.25) is 0 Å². The van der Waals surface area contributed by atoms with Gasteiger partial charge in [0.05, 0.1) is 0 Å². The Kier molecular flexibility index (Phi) is 4.57. The highest BCUT2D eigenvalue weighted by Gasteiger charge is 2.19. The zero-order valence-corrected chi connectivity index (χ0v) is 12.1. The second-order valence-electron chi connectivity index (χ2n) is 5.06. The van der Waals surface area contributed by atoms with Gasteiger partial charge in [0.2, 0.25) is 0 Å². The number of benzene rings is 1. The van der Waals surface area contributed by atoms with Crippen molar-refractivity contribution in [3.63, 3.8) is 0 Å². The summed E-state index contributed by atoms with van der Waals surface area (Å²) in [6, 6.07) is 8.51. The molecule has 90 valence electrons. The molecule has 3 heteroatoms. The maximum Gasteiger partial charge on any atom is 0.190 e. The maximum absolute atomic E-state index is 5.72. The summed E-state index contributed by atoms with van der Waals surface area (Å²) in [5.74, 6) is 0. The van der Waals surface area contributed by atoms with Crippen LogP contribution in [0, 0.1) is 0 Å². The van der Waals surface area contributed by atoms with Crippen LogP contribution in [-0.4, -0.2) is 3.79 Å². The first-order valence-corrected chi connectivity index (χ1v) is 6.48. The van der Waals surface area contributed by atoms with Gasteiger partial charge in [-0.15, -0.1) is 0 Å². The number of aryl methyl sites for hydroxylation is 1. The average Bonchev–Trinajstić information content (AvgIpc) is 2.13. The second-order valence-corrected chi connectivity index (χ2v) is 7.58. The van der Waals surface area contributed by atoms with E-state index in [0.29, 0.717) is 6.42 Å². The molecule has 1 aromatic rings. The van der Waals surface area contributed by atoms with Crippen molar-refractivity contribution < 1.29 is 0 Å². The third-order valence-corrected chi connectivity index (χ3v) is 3.08. The summed E-state index contributed by atoms with van der Waals surface area (Å²) >= 11 is 17.2. The van der Waals surface area contributed by atoms with Crippen molar-refractivity contribution in [2.45, 2.75) is 42.8 Å². The molecule has 0 N–H and O–H groups in total. The zero-order chi connectivity index (χ0) is 12.4. The molecule has 0 nitrogen and oxygen atoms in total. The van der Waals surface area contributed by atoms with Crippen LogP contribution >= 0.6 is 34.8 Å². The van der Waals surface area contributed by atoms with Crippen molar-refractivity contribution in [1.82, 2.24) is 0 Å². The Labute approximate surface area is 113 Å². The second kappa shape index (κ2) is 5.16. The fourth-order valence-corrected chi connectivity index (χ4v) is 1.74. The Morgan fingerprint density at radius 3 is 1.81 bits per heavy atom. The van der Waals surface area contributed by atoms with Gasteiger partial charge in [0, 0.05) is 0 Å². The van der Waals surface area contributed by atoms with Crippen molar-refractivity contribution in [3.8, 4) is 0 Å². The minimum Gasteiger partial charge on any atom is -0.0837 e. The van der Waals surface area contributed by atoms with E-state index >= 15 is 0 Å². The van der Waals surface area contributed by atoms with Gasteiger partial charge >= 0.3 is 0 Å². The normalized spacial score (nSPS) is 12.9. The van der Waals surface area contributed by atoms with Crippen LogP contribution < -0.4 is 0 Å². The minimum atomic E-state index is -1.15. The van der Waals surface area contributed by atoms with Crippen molar-refractivity contribution in [2.75, 3.05) is 0 Å². The molecule has 0 aliphatic heterocycles. The first-order chi connectivity index (χ1) is 7.18. The Morgan fingerprint density at radius 2 is 1.44 bits per heavy atom. The van der Waals surface area contributed by atoms with Crippen LogP contribution in [0.4, 0.5) is 0 Å². The van der Waals surface area contributed by atoms with Gasteiger partial charge in [-0.25, -0.2) is 0 Å². The molecular weight excluding hydrogens is 263 g/mol. The van der Waals surface area contributed by atoms with E-state index in [9.17, 15) is 0 Å². The number of rotatable bonds is 2.